The molecule has 3 aromatic rings. The summed E-state index contributed by atoms with van der Waals surface area (Å²) in [4.78, 5) is 15.1. The number of hydrogen-bond donors (Lipinski definition) is 1. The molecular weight excluding hydrogens is 311 g/mol. The minimum Gasteiger partial charge on any atom is -0.478 e. The largest absolute Gasteiger partial charge is 0.478 e. The van der Waals surface area contributed by atoms with Crippen LogP contribution in [0.2, 0.25) is 0 Å². The Kier molecular flexibility index (Phi) is 3.80. The number of carbonyl (C=O) groups is 1. The van der Waals surface area contributed by atoms with Crippen molar-refractivity contribution >= 4 is 5.97 Å². The molecule has 0 unspecified atom stereocenters. The molecule has 0 atom stereocenters. The van der Waals surface area contributed by atoms with Crippen molar-refractivity contribution < 1.29 is 14.3 Å². The predicted octanol–water partition coefficient (Wildman–Crippen LogP) is 2.95. The molecule has 2 aromatic heterocycles. The van der Waals surface area contributed by atoms with Crippen LogP contribution in [-0.4, -0.2) is 25.8 Å². The first-order valence-electron chi connectivity index (χ1n) is 6.94. The zero-order chi connectivity index (χ0) is 17.3. The van der Waals surface area contributed by atoms with Crippen molar-refractivity contribution in [2.75, 3.05) is 0 Å². The summed E-state index contributed by atoms with van der Waals surface area (Å²) < 4.78 is 15.4. The first-order chi connectivity index (χ1) is 11.5. The average Bonchev–Trinajstić information content (AvgIpc) is 3.05. The highest BCUT2D eigenvalue weighted by atomic mass is 19.1. The van der Waals surface area contributed by atoms with Gasteiger partial charge in [0.1, 0.15) is 5.82 Å². The SMILES string of the molecule is Cc1ccc(-c2cnc(-n3cc(C(=O)O)cn3)cc2C#N)c(F)c1. The Hall–Kier alpha value is -3.53. The van der Waals surface area contributed by atoms with E-state index in [1.807, 2.05) is 6.07 Å². The number of benzene rings is 1. The van der Waals surface area contributed by atoms with Crippen molar-refractivity contribution in [1.82, 2.24) is 14.8 Å². The number of nitriles is 1. The second-order valence-electron chi connectivity index (χ2n) is 5.16. The van der Waals surface area contributed by atoms with E-state index in [2.05, 4.69) is 10.1 Å². The number of carboxylic acid groups (broad SMARTS) is 1. The fraction of sp³-hybridized carbons (Fsp3) is 0.0588. The third-order valence-electron chi connectivity index (χ3n) is 3.49. The van der Waals surface area contributed by atoms with Gasteiger partial charge in [-0.2, -0.15) is 10.4 Å². The molecule has 1 N–H and O–H groups in total. The monoisotopic (exact) mass is 322 g/mol. The van der Waals surface area contributed by atoms with Crippen molar-refractivity contribution in [3.05, 3.63) is 65.4 Å². The number of aryl methyl sites for hydroxylation is 1. The predicted molar refractivity (Wildman–Crippen MR) is 83.2 cm³/mol. The molecule has 0 amide bonds. The van der Waals surface area contributed by atoms with Crippen LogP contribution < -0.4 is 0 Å². The van der Waals surface area contributed by atoms with Gasteiger partial charge in [0.15, 0.2) is 5.82 Å². The maximum atomic E-state index is 14.1. The molecule has 1 aromatic carbocycles. The second-order valence-corrected chi connectivity index (χ2v) is 5.16. The van der Waals surface area contributed by atoms with Crippen molar-refractivity contribution in [1.29, 1.82) is 5.26 Å². The van der Waals surface area contributed by atoms with Gasteiger partial charge in [0.2, 0.25) is 0 Å². The molecule has 0 aliphatic carbocycles. The van der Waals surface area contributed by atoms with E-state index in [-0.39, 0.29) is 22.5 Å². The molecule has 24 heavy (non-hydrogen) atoms. The first kappa shape index (κ1) is 15.4. The lowest BCUT2D eigenvalue weighted by atomic mass is 10.0. The van der Waals surface area contributed by atoms with Gasteiger partial charge in [0.05, 0.1) is 23.4 Å². The number of nitrogens with zero attached hydrogens (tertiary/aromatic N) is 4. The van der Waals surface area contributed by atoms with Gasteiger partial charge in [-0.25, -0.2) is 18.9 Å². The molecule has 0 aliphatic rings. The average molecular weight is 322 g/mol. The van der Waals surface area contributed by atoms with E-state index in [1.54, 1.807) is 19.1 Å². The lowest BCUT2D eigenvalue weighted by Gasteiger charge is -2.08. The number of carboxylic acids is 1. The summed E-state index contributed by atoms with van der Waals surface area (Å²) in [6, 6.07) is 8.18. The maximum Gasteiger partial charge on any atom is 0.338 e. The van der Waals surface area contributed by atoms with E-state index in [0.29, 0.717) is 5.56 Å². The van der Waals surface area contributed by atoms with Crippen LogP contribution in [0.3, 0.4) is 0 Å². The van der Waals surface area contributed by atoms with E-state index in [0.717, 1.165) is 5.56 Å². The molecule has 0 saturated carbocycles. The topological polar surface area (TPSA) is 91.8 Å². The Balaban J connectivity index is 2.08. The molecule has 2 heterocycles. The van der Waals surface area contributed by atoms with Crippen LogP contribution in [0.4, 0.5) is 4.39 Å². The molecule has 0 aliphatic heterocycles. The summed E-state index contributed by atoms with van der Waals surface area (Å²) in [6.07, 6.45) is 3.85. The second kappa shape index (κ2) is 5.93. The lowest BCUT2D eigenvalue weighted by molar-refractivity contribution is 0.0697. The molecule has 0 saturated heterocycles. The highest BCUT2D eigenvalue weighted by Gasteiger charge is 2.14. The molecule has 0 radical (unpaired) electrons. The Labute approximate surface area is 136 Å². The number of aromatic nitrogens is 3. The highest BCUT2D eigenvalue weighted by molar-refractivity contribution is 5.87. The molecule has 7 heteroatoms. The van der Waals surface area contributed by atoms with E-state index in [1.165, 1.54) is 35.4 Å². The summed E-state index contributed by atoms with van der Waals surface area (Å²) in [7, 11) is 0. The smallest absolute Gasteiger partial charge is 0.338 e. The van der Waals surface area contributed by atoms with Gasteiger partial charge in [-0.1, -0.05) is 12.1 Å². The van der Waals surface area contributed by atoms with Gasteiger partial charge >= 0.3 is 5.97 Å². The standard InChI is InChI=1S/C17H11FN4O2/c1-10-2-3-13(15(18)4-10)14-8-20-16(5-11(14)6-19)22-9-12(7-21-22)17(23)24/h2-5,7-9H,1H3,(H,23,24). The van der Waals surface area contributed by atoms with Crippen LogP contribution in [0.1, 0.15) is 21.5 Å². The van der Waals surface area contributed by atoms with Crippen LogP contribution >= 0.6 is 0 Å². The van der Waals surface area contributed by atoms with Crippen LogP contribution in [0.5, 0.6) is 0 Å². The van der Waals surface area contributed by atoms with Gasteiger partial charge in [-0.3, -0.25) is 0 Å². The zero-order valence-corrected chi connectivity index (χ0v) is 12.6. The zero-order valence-electron chi connectivity index (χ0n) is 12.6. The van der Waals surface area contributed by atoms with E-state index in [9.17, 15) is 14.4 Å². The number of rotatable bonds is 3. The molecule has 118 valence electrons. The van der Waals surface area contributed by atoms with Gasteiger partial charge in [-0.05, 0) is 18.6 Å². The van der Waals surface area contributed by atoms with Crippen molar-refractivity contribution in [3.63, 3.8) is 0 Å². The maximum absolute atomic E-state index is 14.1. The minimum absolute atomic E-state index is 0.00367. The van der Waals surface area contributed by atoms with E-state index in [4.69, 9.17) is 5.11 Å². The Morgan fingerprint density at radius 3 is 2.71 bits per heavy atom. The number of aromatic carboxylic acids is 1. The Bertz CT molecular complexity index is 988. The van der Waals surface area contributed by atoms with Gasteiger partial charge in [0.25, 0.3) is 0 Å². The first-order valence-corrected chi connectivity index (χ1v) is 6.94. The van der Waals surface area contributed by atoms with Crippen molar-refractivity contribution in [2.45, 2.75) is 6.92 Å². The minimum atomic E-state index is -1.11. The summed E-state index contributed by atoms with van der Waals surface area (Å²) >= 11 is 0. The van der Waals surface area contributed by atoms with Crippen LogP contribution in [0.25, 0.3) is 16.9 Å². The fourth-order valence-corrected chi connectivity index (χ4v) is 2.27. The van der Waals surface area contributed by atoms with Crippen LogP contribution in [0, 0.1) is 24.1 Å². The highest BCUT2D eigenvalue weighted by Crippen LogP contribution is 2.27. The number of halogens is 1. The van der Waals surface area contributed by atoms with Crippen molar-refractivity contribution in [3.8, 4) is 23.0 Å². The molecule has 0 fully saturated rings. The quantitative estimate of drug-likeness (QED) is 0.800. The lowest BCUT2D eigenvalue weighted by Crippen LogP contribution is -2.01. The summed E-state index contributed by atoms with van der Waals surface area (Å²) in [5, 5.41) is 22.2. The van der Waals surface area contributed by atoms with Crippen molar-refractivity contribution in [2.24, 2.45) is 0 Å². The molecule has 3 rings (SSSR count). The number of pyridine rings is 1. The summed E-state index contributed by atoms with van der Waals surface area (Å²) in [5.74, 6) is -1.27. The summed E-state index contributed by atoms with van der Waals surface area (Å²) in [5.41, 5.74) is 1.64. The molecule has 0 bridgehead atoms. The van der Waals surface area contributed by atoms with Gasteiger partial charge in [-0.15, -0.1) is 0 Å². The van der Waals surface area contributed by atoms with Gasteiger partial charge < -0.3 is 5.11 Å². The Morgan fingerprint density at radius 1 is 1.29 bits per heavy atom. The van der Waals surface area contributed by atoms with E-state index < -0.39 is 11.8 Å². The third-order valence-corrected chi connectivity index (χ3v) is 3.49. The van der Waals surface area contributed by atoms with Gasteiger partial charge in [0, 0.05) is 29.6 Å². The van der Waals surface area contributed by atoms with Crippen LogP contribution in [-0.2, 0) is 0 Å². The van der Waals surface area contributed by atoms with Crippen LogP contribution in [0.15, 0.2) is 42.9 Å². The molecule has 0 spiro atoms. The summed E-state index contributed by atoms with van der Waals surface area (Å²) in [6.45, 7) is 1.77. The molecular formula is C17H11FN4O2. The molecule has 6 nitrogen and oxygen atoms in total. The fourth-order valence-electron chi connectivity index (χ4n) is 2.27. The third kappa shape index (κ3) is 2.73. The van der Waals surface area contributed by atoms with E-state index >= 15 is 0 Å². The normalized spacial score (nSPS) is 10.4. The number of hydrogen-bond acceptors (Lipinski definition) is 4. The Morgan fingerprint density at radius 2 is 2.08 bits per heavy atom.